The normalized spacial score (nSPS) is 10.4. The molecule has 100 valence electrons. The Bertz CT molecular complexity index is 395. The zero-order valence-electron chi connectivity index (χ0n) is 11.0. The zero-order chi connectivity index (χ0) is 13.4. The largest absolute Gasteiger partial charge is 0.325 e. The lowest BCUT2D eigenvalue weighted by Crippen LogP contribution is -2.15. The van der Waals surface area contributed by atoms with Crippen LogP contribution in [0.15, 0.2) is 18.2 Å². The maximum Gasteiger partial charge on any atom is 0.234 e. The van der Waals surface area contributed by atoms with Crippen LogP contribution >= 0.6 is 23.4 Å². The first-order chi connectivity index (χ1) is 8.63. The highest BCUT2D eigenvalue weighted by molar-refractivity contribution is 7.99. The quantitative estimate of drug-likeness (QED) is 0.747. The summed E-state index contributed by atoms with van der Waals surface area (Å²) in [4.78, 5) is 11.7. The van der Waals surface area contributed by atoms with Crippen LogP contribution in [0.3, 0.4) is 0 Å². The van der Waals surface area contributed by atoms with Gasteiger partial charge in [0.25, 0.3) is 0 Å². The van der Waals surface area contributed by atoms with E-state index in [1.54, 1.807) is 17.8 Å². The van der Waals surface area contributed by atoms with Crippen LogP contribution in [-0.2, 0) is 4.79 Å². The van der Waals surface area contributed by atoms with Crippen molar-refractivity contribution in [1.29, 1.82) is 0 Å². The lowest BCUT2D eigenvalue weighted by molar-refractivity contribution is -0.113. The van der Waals surface area contributed by atoms with Crippen molar-refractivity contribution in [2.75, 3.05) is 16.8 Å². The molecule has 0 aliphatic carbocycles. The number of carbonyl (C=O) groups is 1. The molecule has 2 nitrogen and oxygen atoms in total. The number of halogens is 1. The van der Waals surface area contributed by atoms with Crippen LogP contribution in [0, 0.1) is 6.92 Å². The van der Waals surface area contributed by atoms with Crippen LogP contribution in [0.1, 0.15) is 31.7 Å². The number of aryl methyl sites for hydroxylation is 1. The van der Waals surface area contributed by atoms with Crippen LogP contribution in [0.4, 0.5) is 5.69 Å². The van der Waals surface area contributed by atoms with Gasteiger partial charge >= 0.3 is 0 Å². The van der Waals surface area contributed by atoms with Crippen LogP contribution in [0.2, 0.25) is 5.02 Å². The molecule has 0 saturated heterocycles. The summed E-state index contributed by atoms with van der Waals surface area (Å²) >= 11 is 7.56. The fraction of sp³-hybridized carbons (Fsp3) is 0.500. The lowest BCUT2D eigenvalue weighted by atomic mass is 10.2. The number of amides is 1. The monoisotopic (exact) mass is 285 g/mol. The van der Waals surface area contributed by atoms with E-state index in [9.17, 15) is 4.79 Å². The highest BCUT2D eigenvalue weighted by Gasteiger charge is 2.05. The van der Waals surface area contributed by atoms with Crippen molar-refractivity contribution in [2.45, 2.75) is 33.1 Å². The first-order valence-corrected chi connectivity index (χ1v) is 7.80. The molecule has 0 aliphatic heterocycles. The number of thioether (sulfide) groups is 1. The van der Waals surface area contributed by atoms with E-state index >= 15 is 0 Å². The molecular weight excluding hydrogens is 266 g/mol. The van der Waals surface area contributed by atoms with Gasteiger partial charge in [0.2, 0.25) is 5.91 Å². The average Bonchev–Trinajstić information content (AvgIpc) is 2.32. The Hall–Kier alpha value is -0.670. The molecule has 0 aromatic heterocycles. The number of carbonyl (C=O) groups excluding carboxylic acids is 1. The maximum atomic E-state index is 11.7. The predicted octanol–water partition coefficient (Wildman–Crippen LogP) is 4.51. The van der Waals surface area contributed by atoms with Gasteiger partial charge in [0, 0.05) is 10.7 Å². The number of anilines is 1. The van der Waals surface area contributed by atoms with E-state index in [0.717, 1.165) is 17.0 Å². The molecule has 1 aromatic rings. The van der Waals surface area contributed by atoms with Gasteiger partial charge in [-0.05, 0) is 42.9 Å². The molecule has 1 amide bonds. The number of rotatable bonds is 7. The summed E-state index contributed by atoms with van der Waals surface area (Å²) in [5.41, 5.74) is 1.84. The molecular formula is C14H20ClNOS. The van der Waals surface area contributed by atoms with Gasteiger partial charge in [-0.15, -0.1) is 0 Å². The van der Waals surface area contributed by atoms with Crippen molar-refractivity contribution >= 4 is 35.0 Å². The molecule has 0 atom stereocenters. The molecule has 0 fully saturated rings. The minimum atomic E-state index is 0.0573. The minimum Gasteiger partial charge on any atom is -0.325 e. The van der Waals surface area contributed by atoms with E-state index in [-0.39, 0.29) is 5.91 Å². The number of hydrogen-bond donors (Lipinski definition) is 1. The Morgan fingerprint density at radius 3 is 2.83 bits per heavy atom. The fourth-order valence-electron chi connectivity index (χ4n) is 1.57. The molecule has 0 unspecified atom stereocenters. The number of nitrogens with one attached hydrogen (secondary N) is 1. The second-order valence-corrected chi connectivity index (χ2v) is 5.81. The minimum absolute atomic E-state index is 0.0573. The second kappa shape index (κ2) is 8.44. The molecule has 0 radical (unpaired) electrons. The van der Waals surface area contributed by atoms with E-state index in [1.165, 1.54) is 19.3 Å². The molecule has 0 saturated carbocycles. The van der Waals surface area contributed by atoms with Crippen LogP contribution in [0.25, 0.3) is 0 Å². The number of unbranched alkanes of at least 4 members (excludes halogenated alkanes) is 2. The predicted molar refractivity (Wildman–Crippen MR) is 81.7 cm³/mol. The Morgan fingerprint density at radius 2 is 2.17 bits per heavy atom. The van der Waals surface area contributed by atoms with Gasteiger partial charge in [-0.1, -0.05) is 31.4 Å². The summed E-state index contributed by atoms with van der Waals surface area (Å²) in [7, 11) is 0. The smallest absolute Gasteiger partial charge is 0.234 e. The highest BCUT2D eigenvalue weighted by Crippen LogP contribution is 2.19. The molecule has 18 heavy (non-hydrogen) atoms. The average molecular weight is 286 g/mol. The van der Waals surface area contributed by atoms with Crippen molar-refractivity contribution in [3.8, 4) is 0 Å². The summed E-state index contributed by atoms with van der Waals surface area (Å²) < 4.78 is 0. The molecule has 0 aliphatic rings. The van der Waals surface area contributed by atoms with Gasteiger partial charge in [-0.2, -0.15) is 11.8 Å². The molecule has 1 rings (SSSR count). The maximum absolute atomic E-state index is 11.7. The number of hydrogen-bond acceptors (Lipinski definition) is 2. The third-order valence-corrected chi connectivity index (χ3v) is 3.87. The fourth-order valence-corrected chi connectivity index (χ4v) is 2.61. The van der Waals surface area contributed by atoms with Gasteiger partial charge in [-0.25, -0.2) is 0 Å². The van der Waals surface area contributed by atoms with Gasteiger partial charge in [0.1, 0.15) is 0 Å². The highest BCUT2D eigenvalue weighted by atomic mass is 35.5. The van der Waals surface area contributed by atoms with Gasteiger partial charge < -0.3 is 5.32 Å². The molecule has 4 heteroatoms. The van der Waals surface area contributed by atoms with Gasteiger partial charge in [0.15, 0.2) is 0 Å². The Morgan fingerprint density at radius 1 is 1.39 bits per heavy atom. The number of benzene rings is 1. The van der Waals surface area contributed by atoms with Crippen molar-refractivity contribution < 1.29 is 4.79 Å². The second-order valence-electron chi connectivity index (χ2n) is 4.27. The molecule has 0 bridgehead atoms. The summed E-state index contributed by atoms with van der Waals surface area (Å²) in [5, 5.41) is 3.60. The summed E-state index contributed by atoms with van der Waals surface area (Å²) in [5.74, 6) is 1.63. The SMILES string of the molecule is CCCCCSCC(=O)Nc1ccc(Cl)cc1C. The summed E-state index contributed by atoms with van der Waals surface area (Å²) in [6.45, 7) is 4.12. The van der Waals surface area contributed by atoms with Gasteiger partial charge in [0.05, 0.1) is 5.75 Å². The Labute approximate surface area is 118 Å². The summed E-state index contributed by atoms with van der Waals surface area (Å²) in [6, 6.07) is 5.49. The van der Waals surface area contributed by atoms with Crippen molar-refractivity contribution in [3.05, 3.63) is 28.8 Å². The molecule has 1 N–H and O–H groups in total. The van der Waals surface area contributed by atoms with E-state index in [4.69, 9.17) is 11.6 Å². The van der Waals surface area contributed by atoms with Crippen LogP contribution in [0.5, 0.6) is 0 Å². The first-order valence-electron chi connectivity index (χ1n) is 6.27. The molecule has 1 aromatic carbocycles. The van der Waals surface area contributed by atoms with E-state index < -0.39 is 0 Å². The van der Waals surface area contributed by atoms with Gasteiger partial charge in [-0.3, -0.25) is 4.79 Å². The van der Waals surface area contributed by atoms with E-state index in [0.29, 0.717) is 10.8 Å². The molecule has 0 spiro atoms. The topological polar surface area (TPSA) is 29.1 Å². The van der Waals surface area contributed by atoms with Crippen molar-refractivity contribution in [3.63, 3.8) is 0 Å². The first kappa shape index (κ1) is 15.4. The third-order valence-electron chi connectivity index (χ3n) is 2.59. The van der Waals surface area contributed by atoms with E-state index in [2.05, 4.69) is 12.2 Å². The van der Waals surface area contributed by atoms with Crippen molar-refractivity contribution in [2.24, 2.45) is 0 Å². The van der Waals surface area contributed by atoms with Crippen molar-refractivity contribution in [1.82, 2.24) is 0 Å². The zero-order valence-corrected chi connectivity index (χ0v) is 12.5. The van der Waals surface area contributed by atoms with E-state index in [1.807, 2.05) is 19.1 Å². The standard InChI is InChI=1S/C14H20ClNOS/c1-3-4-5-8-18-10-14(17)16-13-7-6-12(15)9-11(13)2/h6-7,9H,3-5,8,10H2,1-2H3,(H,16,17). The summed E-state index contributed by atoms with van der Waals surface area (Å²) in [6.07, 6.45) is 3.65. The third kappa shape index (κ3) is 5.78. The molecule has 0 heterocycles. The Balaban J connectivity index is 2.31. The van der Waals surface area contributed by atoms with Crippen LogP contribution in [-0.4, -0.2) is 17.4 Å². The van der Waals surface area contributed by atoms with Crippen LogP contribution < -0.4 is 5.32 Å². The Kier molecular flexibility index (Phi) is 7.21. The lowest BCUT2D eigenvalue weighted by Gasteiger charge is -2.08.